The first kappa shape index (κ1) is 14.8. The highest BCUT2D eigenvalue weighted by Gasteiger charge is 2.46. The second-order valence-electron chi connectivity index (χ2n) is 5.34. The number of hydrogen-bond acceptors (Lipinski definition) is 6. The van der Waals surface area contributed by atoms with Crippen LogP contribution in [0.1, 0.15) is 6.92 Å². The van der Waals surface area contributed by atoms with Gasteiger partial charge in [0.1, 0.15) is 0 Å². The first-order valence-corrected chi connectivity index (χ1v) is 6.93. The number of nitrogens with zero attached hydrogens (tertiary/aromatic N) is 3. The molecule has 0 aliphatic carbocycles. The number of amides is 1. The molecular weight excluding hydrogens is 302 g/mol. The molecule has 1 amide bonds. The molecule has 0 saturated carbocycles. The molecule has 2 unspecified atom stereocenters. The highest BCUT2D eigenvalue weighted by molar-refractivity contribution is 5.85. The van der Waals surface area contributed by atoms with Gasteiger partial charge in [0.15, 0.2) is 11.9 Å². The van der Waals surface area contributed by atoms with Crippen molar-refractivity contribution in [1.29, 1.82) is 0 Å². The Morgan fingerprint density at radius 2 is 2.09 bits per heavy atom. The molecule has 3 rings (SSSR count). The lowest BCUT2D eigenvalue weighted by molar-refractivity contribution is -0.141. The number of carbonyl (C=O) groups is 2. The van der Waals surface area contributed by atoms with Crippen LogP contribution in [0.2, 0.25) is 0 Å². The van der Waals surface area contributed by atoms with Gasteiger partial charge in [-0.2, -0.15) is 0 Å². The Morgan fingerprint density at radius 3 is 2.74 bits per heavy atom. The van der Waals surface area contributed by atoms with Crippen molar-refractivity contribution in [2.45, 2.75) is 19.0 Å². The van der Waals surface area contributed by atoms with Gasteiger partial charge in [0.2, 0.25) is 5.91 Å². The number of aromatic nitrogens is 2. The molecule has 2 heterocycles. The number of nitrogens with two attached hydrogens (primary N) is 1. The molecule has 23 heavy (non-hydrogen) atoms. The lowest BCUT2D eigenvalue weighted by Gasteiger charge is -2.45. The number of carboxylic acid groups (broad SMARTS) is 1. The van der Waals surface area contributed by atoms with Crippen molar-refractivity contribution >= 4 is 28.7 Å². The number of carbonyl (C=O) groups excluding carboxylic acids is 1. The third-order valence-electron chi connectivity index (χ3n) is 3.80. The summed E-state index contributed by atoms with van der Waals surface area (Å²) in [5.74, 6) is 4.28. The van der Waals surface area contributed by atoms with Gasteiger partial charge in [-0.3, -0.25) is 9.59 Å². The fourth-order valence-corrected chi connectivity index (χ4v) is 2.74. The first-order chi connectivity index (χ1) is 10.9. The van der Waals surface area contributed by atoms with Gasteiger partial charge in [-0.15, -0.1) is 0 Å². The monoisotopic (exact) mass is 317 g/mol. The number of nitrogens with one attached hydrogen (secondary N) is 1. The predicted octanol–water partition coefficient (Wildman–Crippen LogP) is -1.11. The van der Waals surface area contributed by atoms with Crippen molar-refractivity contribution in [3.63, 3.8) is 0 Å². The van der Waals surface area contributed by atoms with Crippen molar-refractivity contribution in [2.24, 2.45) is 0 Å². The molecule has 9 nitrogen and oxygen atoms in total. The summed E-state index contributed by atoms with van der Waals surface area (Å²) >= 11 is 0. The highest BCUT2D eigenvalue weighted by atomic mass is 16.4. The van der Waals surface area contributed by atoms with E-state index in [1.54, 1.807) is 24.3 Å². The summed E-state index contributed by atoms with van der Waals surface area (Å²) in [6.45, 7) is 1.49. The molecule has 1 aliphatic heterocycles. The minimum Gasteiger partial charge on any atom is -0.480 e. The number of hydrogen-bond donors (Lipinski definition) is 3. The smallest absolute Gasteiger partial charge is 0.328 e. The van der Waals surface area contributed by atoms with Gasteiger partial charge >= 0.3 is 11.5 Å². The third-order valence-corrected chi connectivity index (χ3v) is 3.80. The van der Waals surface area contributed by atoms with Crippen molar-refractivity contribution in [3.8, 4) is 0 Å². The molecule has 1 aliphatic rings. The van der Waals surface area contributed by atoms with E-state index in [0.717, 1.165) is 4.68 Å². The topological polar surface area (TPSA) is 131 Å². The average molecular weight is 317 g/mol. The molecule has 0 radical (unpaired) electrons. The molecule has 0 bridgehead atoms. The van der Waals surface area contributed by atoms with E-state index in [0.29, 0.717) is 11.0 Å². The minimum absolute atomic E-state index is 0.0415. The van der Waals surface area contributed by atoms with Gasteiger partial charge in [0.05, 0.1) is 17.1 Å². The molecule has 2 aromatic rings. The van der Waals surface area contributed by atoms with E-state index < -0.39 is 23.6 Å². The maximum atomic E-state index is 12.4. The van der Waals surface area contributed by atoms with Gasteiger partial charge in [-0.25, -0.2) is 14.5 Å². The fraction of sp³-hybridized carbons (Fsp3) is 0.286. The second-order valence-corrected chi connectivity index (χ2v) is 5.34. The van der Waals surface area contributed by atoms with Gasteiger partial charge in [0, 0.05) is 13.5 Å². The molecule has 1 saturated heterocycles. The van der Waals surface area contributed by atoms with Crippen LogP contribution in [-0.4, -0.2) is 45.3 Å². The molecule has 4 N–H and O–H groups in total. The minimum atomic E-state index is -1.15. The Bertz CT molecular complexity index is 862. The van der Waals surface area contributed by atoms with E-state index >= 15 is 0 Å². The Hall–Kier alpha value is -3.10. The lowest BCUT2D eigenvalue weighted by Crippen LogP contribution is -2.71. The number of para-hydroxylation sites is 2. The number of rotatable bonds is 3. The van der Waals surface area contributed by atoms with Gasteiger partial charge in [0.25, 0.3) is 0 Å². The molecule has 1 aromatic carbocycles. The zero-order valence-corrected chi connectivity index (χ0v) is 12.3. The van der Waals surface area contributed by atoms with Gasteiger partial charge < -0.3 is 21.2 Å². The summed E-state index contributed by atoms with van der Waals surface area (Å²) in [5, 5.41) is 11.9. The number of carboxylic acids is 1. The number of aliphatic carboxylic acids is 1. The Kier molecular flexibility index (Phi) is 3.40. The van der Waals surface area contributed by atoms with Crippen molar-refractivity contribution < 1.29 is 14.7 Å². The second kappa shape index (κ2) is 5.27. The maximum Gasteiger partial charge on any atom is 0.328 e. The van der Waals surface area contributed by atoms with Crippen molar-refractivity contribution in [3.05, 3.63) is 34.6 Å². The van der Waals surface area contributed by atoms with Crippen LogP contribution < -0.4 is 21.6 Å². The molecule has 1 fully saturated rings. The zero-order chi connectivity index (χ0) is 16.7. The molecule has 120 valence electrons. The van der Waals surface area contributed by atoms with Crippen LogP contribution in [0.3, 0.4) is 0 Å². The first-order valence-electron chi connectivity index (χ1n) is 6.93. The lowest BCUT2D eigenvalue weighted by atomic mass is 9.96. The number of nitrogen functional groups attached to an aromatic ring is 1. The van der Waals surface area contributed by atoms with Crippen molar-refractivity contribution in [1.82, 2.24) is 15.0 Å². The van der Waals surface area contributed by atoms with E-state index in [4.69, 9.17) is 5.84 Å². The summed E-state index contributed by atoms with van der Waals surface area (Å²) in [5.41, 5.74) is 0.347. The summed E-state index contributed by atoms with van der Waals surface area (Å²) in [6.07, 6.45) is 0. The van der Waals surface area contributed by atoms with Crippen LogP contribution in [0.15, 0.2) is 29.1 Å². The fourth-order valence-electron chi connectivity index (χ4n) is 2.74. The standard InChI is InChI=1S/C14H15N5O4/c1-7(20)16-9-6-18(11(9)14(22)23)12-13(21)19(15)10-5-3-2-4-8(10)17-12/h2-5,9,11H,6,15H2,1H3,(H,16,20)(H,22,23). The quantitative estimate of drug-likeness (QED) is 0.612. The Labute approximate surface area is 130 Å². The van der Waals surface area contributed by atoms with Crippen LogP contribution in [0.25, 0.3) is 11.0 Å². The average Bonchev–Trinajstić information content (AvgIpc) is 2.46. The molecule has 2 atom stereocenters. The third kappa shape index (κ3) is 2.35. The molecular formula is C14H15N5O4. The number of benzene rings is 1. The number of fused-ring (bicyclic) bond motifs is 1. The van der Waals surface area contributed by atoms with Gasteiger partial charge in [-0.1, -0.05) is 12.1 Å². The molecule has 1 aromatic heterocycles. The van der Waals surface area contributed by atoms with Crippen LogP contribution in [0, 0.1) is 0 Å². The zero-order valence-electron chi connectivity index (χ0n) is 12.3. The molecule has 0 spiro atoms. The Morgan fingerprint density at radius 1 is 1.39 bits per heavy atom. The van der Waals surface area contributed by atoms with Gasteiger partial charge in [-0.05, 0) is 12.1 Å². The number of anilines is 1. The summed E-state index contributed by atoms with van der Waals surface area (Å²) in [7, 11) is 0. The molecule has 9 heteroatoms. The largest absolute Gasteiger partial charge is 0.480 e. The van der Waals surface area contributed by atoms with E-state index in [1.807, 2.05) is 0 Å². The van der Waals surface area contributed by atoms with E-state index in [-0.39, 0.29) is 18.3 Å². The predicted molar refractivity (Wildman–Crippen MR) is 82.5 cm³/mol. The van der Waals surface area contributed by atoms with E-state index in [2.05, 4.69) is 10.3 Å². The van der Waals surface area contributed by atoms with Crippen LogP contribution in [-0.2, 0) is 9.59 Å². The Balaban J connectivity index is 2.04. The summed E-state index contributed by atoms with van der Waals surface area (Å²) in [6, 6.07) is 5.17. The van der Waals surface area contributed by atoms with E-state index in [9.17, 15) is 19.5 Å². The van der Waals surface area contributed by atoms with Crippen LogP contribution in [0.5, 0.6) is 0 Å². The summed E-state index contributed by atoms with van der Waals surface area (Å²) in [4.78, 5) is 40.5. The normalized spacial score (nSPS) is 20.1. The van der Waals surface area contributed by atoms with Crippen LogP contribution >= 0.6 is 0 Å². The maximum absolute atomic E-state index is 12.4. The van der Waals surface area contributed by atoms with Crippen LogP contribution in [0.4, 0.5) is 5.82 Å². The SMILES string of the molecule is CC(=O)NC1CN(c2nc3ccccc3n(N)c2=O)C1C(=O)O. The van der Waals surface area contributed by atoms with E-state index in [1.165, 1.54) is 11.8 Å². The summed E-state index contributed by atoms with van der Waals surface area (Å²) < 4.78 is 0.947. The van der Waals surface area contributed by atoms with Crippen molar-refractivity contribution in [2.75, 3.05) is 17.3 Å². The highest BCUT2D eigenvalue weighted by Crippen LogP contribution is 2.24.